The fourth-order valence-electron chi connectivity index (χ4n) is 1.44. The summed E-state index contributed by atoms with van der Waals surface area (Å²) in [5, 5.41) is 8.09. The smallest absolute Gasteiger partial charge is 0.295 e. The first-order valence-electron chi connectivity index (χ1n) is 4.75. The highest BCUT2D eigenvalue weighted by Gasteiger charge is 2.13. The van der Waals surface area contributed by atoms with Gasteiger partial charge in [0.1, 0.15) is 0 Å². The van der Waals surface area contributed by atoms with Crippen LogP contribution in [0.3, 0.4) is 0 Å². The lowest BCUT2D eigenvalue weighted by molar-refractivity contribution is 0.584. The quantitative estimate of drug-likeness (QED) is 0.787. The van der Waals surface area contributed by atoms with Crippen molar-refractivity contribution in [2.75, 3.05) is 0 Å². The number of aromatic amines is 1. The van der Waals surface area contributed by atoms with Gasteiger partial charge in [0.25, 0.3) is 5.56 Å². The topological polar surface area (TPSA) is 78.7 Å². The summed E-state index contributed by atoms with van der Waals surface area (Å²) < 4.78 is 13.9. The number of nitrogens with one attached hydrogen (secondary N) is 1. The fourth-order valence-corrected chi connectivity index (χ4v) is 1.60. The minimum Gasteiger partial charge on any atom is -0.295 e. The van der Waals surface area contributed by atoms with Gasteiger partial charge in [0.05, 0.1) is 17.3 Å². The summed E-state index contributed by atoms with van der Waals surface area (Å²) in [5.41, 5.74) is -1.70. The van der Waals surface area contributed by atoms with Gasteiger partial charge in [0, 0.05) is 0 Å². The molecule has 2 aromatic rings. The molecule has 7 heteroatoms. The number of benzene rings is 1. The Balaban J connectivity index is 2.80. The Hall–Kier alpha value is -2.39. The van der Waals surface area contributed by atoms with Crippen LogP contribution in [0.4, 0.5) is 4.39 Å². The summed E-state index contributed by atoms with van der Waals surface area (Å²) in [7, 11) is 0. The Morgan fingerprint density at radius 2 is 2.11 bits per heavy atom. The van der Waals surface area contributed by atoms with E-state index in [1.54, 1.807) is 0 Å². The monoisotopic (exact) mass is 265 g/mol. The number of hydrogen-bond donors (Lipinski definition) is 1. The van der Waals surface area contributed by atoms with Gasteiger partial charge in [0.2, 0.25) is 5.82 Å². The summed E-state index contributed by atoms with van der Waals surface area (Å²) in [5.74, 6) is -1.25. The second-order valence-electron chi connectivity index (χ2n) is 3.36. The van der Waals surface area contributed by atoms with Crippen molar-refractivity contribution in [2.45, 2.75) is 0 Å². The lowest BCUT2D eigenvalue weighted by Crippen LogP contribution is -2.35. The van der Waals surface area contributed by atoms with Gasteiger partial charge in [-0.25, -0.2) is 9.36 Å². The maximum atomic E-state index is 13.3. The highest BCUT2D eigenvalue weighted by Crippen LogP contribution is 2.08. The Bertz CT molecular complexity index is 773. The molecule has 0 aliphatic carbocycles. The van der Waals surface area contributed by atoms with Gasteiger partial charge in [-0.2, -0.15) is 9.65 Å². The number of halogens is 2. The molecule has 0 bridgehead atoms. The van der Waals surface area contributed by atoms with Crippen LogP contribution in [0.15, 0.2) is 33.9 Å². The van der Waals surface area contributed by atoms with Crippen LogP contribution < -0.4 is 11.2 Å². The van der Waals surface area contributed by atoms with Crippen molar-refractivity contribution in [1.29, 1.82) is 5.26 Å². The molecule has 18 heavy (non-hydrogen) atoms. The molecule has 0 saturated carbocycles. The van der Waals surface area contributed by atoms with E-state index in [1.807, 2.05) is 11.1 Å². The van der Waals surface area contributed by atoms with Gasteiger partial charge >= 0.3 is 5.69 Å². The van der Waals surface area contributed by atoms with Gasteiger partial charge in [-0.15, -0.1) is 0 Å². The minimum atomic E-state index is -1.25. The van der Waals surface area contributed by atoms with E-state index in [0.29, 0.717) is 4.57 Å². The molecule has 0 atom stereocenters. The first-order chi connectivity index (χ1) is 8.54. The zero-order chi connectivity index (χ0) is 13.3. The van der Waals surface area contributed by atoms with Gasteiger partial charge < -0.3 is 0 Å². The molecule has 2 rings (SSSR count). The molecule has 1 N–H and O–H groups in total. The largest absolute Gasteiger partial charge is 0.334 e. The molecule has 0 aliphatic heterocycles. The summed E-state index contributed by atoms with van der Waals surface area (Å²) in [6.45, 7) is 0. The molecule has 0 spiro atoms. The Morgan fingerprint density at radius 3 is 2.78 bits per heavy atom. The number of aromatic nitrogens is 2. The lowest BCUT2D eigenvalue weighted by Gasteiger charge is -2.05. The number of rotatable bonds is 1. The van der Waals surface area contributed by atoms with Crippen molar-refractivity contribution >= 4 is 11.6 Å². The van der Waals surface area contributed by atoms with E-state index >= 15 is 0 Å². The average molecular weight is 266 g/mol. The first-order valence-corrected chi connectivity index (χ1v) is 5.13. The Labute approximate surface area is 105 Å². The predicted octanol–water partition coefficient (Wildman–Crippen LogP) is 1.19. The molecule has 1 heterocycles. The predicted molar refractivity (Wildman–Crippen MR) is 62.3 cm³/mol. The van der Waals surface area contributed by atoms with Crippen LogP contribution in [0.5, 0.6) is 0 Å². The van der Waals surface area contributed by atoms with E-state index in [2.05, 4.69) is 0 Å². The molecule has 0 amide bonds. The van der Waals surface area contributed by atoms with Crippen molar-refractivity contribution in [3.63, 3.8) is 0 Å². The van der Waals surface area contributed by atoms with Crippen molar-refractivity contribution in [3.8, 4) is 11.8 Å². The van der Waals surface area contributed by atoms with Crippen LogP contribution >= 0.6 is 11.6 Å². The van der Waals surface area contributed by atoms with Gasteiger partial charge in [-0.3, -0.25) is 9.78 Å². The zero-order valence-corrected chi connectivity index (χ0v) is 9.53. The molecule has 0 unspecified atom stereocenters. The number of nitrogens with zero attached hydrogens (tertiary/aromatic N) is 2. The van der Waals surface area contributed by atoms with Crippen molar-refractivity contribution < 1.29 is 4.39 Å². The van der Waals surface area contributed by atoms with Crippen LogP contribution in [0.2, 0.25) is 5.15 Å². The number of hydrogen-bond acceptors (Lipinski definition) is 3. The molecular formula is C11H5ClFN3O2. The van der Waals surface area contributed by atoms with E-state index in [-0.39, 0.29) is 11.3 Å². The van der Waals surface area contributed by atoms with Crippen LogP contribution in [0, 0.1) is 17.1 Å². The highest BCUT2D eigenvalue weighted by molar-refractivity contribution is 6.29. The second kappa shape index (κ2) is 4.47. The van der Waals surface area contributed by atoms with E-state index in [9.17, 15) is 14.0 Å². The van der Waals surface area contributed by atoms with Crippen LogP contribution in [0.1, 0.15) is 5.56 Å². The number of H-pyrrole nitrogens is 1. The maximum Gasteiger partial charge on any atom is 0.334 e. The molecule has 0 aliphatic rings. The molecule has 0 radical (unpaired) electrons. The zero-order valence-electron chi connectivity index (χ0n) is 8.78. The molecule has 0 fully saturated rings. The third-order valence-corrected chi connectivity index (χ3v) is 2.50. The molecule has 1 aromatic carbocycles. The summed E-state index contributed by atoms with van der Waals surface area (Å²) in [6, 6.07) is 7.53. The van der Waals surface area contributed by atoms with E-state index < -0.39 is 22.2 Å². The van der Waals surface area contributed by atoms with E-state index in [4.69, 9.17) is 16.9 Å². The lowest BCUT2D eigenvalue weighted by atomic mass is 10.2. The number of nitriles is 1. The third kappa shape index (κ3) is 1.92. The fraction of sp³-hybridized carbons (Fsp3) is 0. The SMILES string of the molecule is N#Cc1cccc(-n2c(=O)[nH]c(Cl)c(F)c2=O)c1. The maximum absolute atomic E-state index is 13.3. The van der Waals surface area contributed by atoms with Crippen LogP contribution in [-0.4, -0.2) is 9.55 Å². The van der Waals surface area contributed by atoms with Gasteiger partial charge in [-0.05, 0) is 18.2 Å². The molecule has 90 valence electrons. The van der Waals surface area contributed by atoms with Crippen LogP contribution in [-0.2, 0) is 0 Å². The van der Waals surface area contributed by atoms with Crippen molar-refractivity contribution in [2.24, 2.45) is 0 Å². The van der Waals surface area contributed by atoms with Gasteiger partial charge in [0.15, 0.2) is 5.15 Å². The molecular weight excluding hydrogens is 261 g/mol. The minimum absolute atomic E-state index is 0.0934. The first kappa shape index (κ1) is 12.1. The molecule has 5 nitrogen and oxygen atoms in total. The van der Waals surface area contributed by atoms with E-state index in [0.717, 1.165) is 0 Å². The summed E-state index contributed by atoms with van der Waals surface area (Å²) >= 11 is 5.34. The van der Waals surface area contributed by atoms with E-state index in [1.165, 1.54) is 24.3 Å². The molecule has 1 aromatic heterocycles. The van der Waals surface area contributed by atoms with Crippen molar-refractivity contribution in [3.05, 3.63) is 61.6 Å². The Kier molecular flexibility index (Phi) is 3.00. The average Bonchev–Trinajstić information content (AvgIpc) is 2.36. The van der Waals surface area contributed by atoms with Gasteiger partial charge in [-0.1, -0.05) is 17.7 Å². The normalized spacial score (nSPS) is 10.1. The second-order valence-corrected chi connectivity index (χ2v) is 3.74. The van der Waals surface area contributed by atoms with Crippen LogP contribution in [0.25, 0.3) is 5.69 Å². The summed E-state index contributed by atoms with van der Waals surface area (Å²) in [6.07, 6.45) is 0. The Morgan fingerprint density at radius 1 is 1.39 bits per heavy atom. The summed E-state index contributed by atoms with van der Waals surface area (Å²) in [4.78, 5) is 25.2. The third-order valence-electron chi connectivity index (χ3n) is 2.24. The standard InChI is InChI=1S/C11H5ClFN3O2/c12-9-8(13)10(17)16(11(18)15-9)7-3-1-2-6(4-7)5-14/h1-4H,(H,15,18). The van der Waals surface area contributed by atoms with Crippen molar-refractivity contribution in [1.82, 2.24) is 9.55 Å². The molecule has 0 saturated heterocycles. The highest BCUT2D eigenvalue weighted by atomic mass is 35.5.